The molecule has 9 heteroatoms. The molecule has 0 atom stereocenters. The molecule has 1 heterocycles. The molecule has 0 amide bonds. The zero-order chi connectivity index (χ0) is 23.8. The largest absolute Gasteiger partial charge is 0.493 e. The first kappa shape index (κ1) is 22.3. The van der Waals surface area contributed by atoms with E-state index < -0.39 is 26.3 Å². The summed E-state index contributed by atoms with van der Waals surface area (Å²) in [5.74, 6) is -0.363. The van der Waals surface area contributed by atoms with Crippen molar-refractivity contribution in [1.29, 1.82) is 0 Å². The summed E-state index contributed by atoms with van der Waals surface area (Å²) in [7, 11) is 0.117. The Morgan fingerprint density at radius 1 is 0.879 bits per heavy atom. The van der Waals surface area contributed by atoms with E-state index in [1.54, 1.807) is 30.3 Å². The van der Waals surface area contributed by atoms with Gasteiger partial charge in [-0.2, -0.15) is 0 Å². The summed E-state index contributed by atoms with van der Waals surface area (Å²) in [6, 6.07) is 14.5. The van der Waals surface area contributed by atoms with E-state index in [-0.39, 0.29) is 16.1 Å². The first-order chi connectivity index (χ1) is 15.8. The third kappa shape index (κ3) is 3.80. The highest BCUT2D eigenvalue weighted by Gasteiger charge is 2.37. The molecule has 3 aromatic rings. The fraction of sp³-hybridized carbons (Fsp3) is 0.125. The number of Topliss-reactive ketones (excluding diaryl/α,β-unsaturated/α-hetero) is 1. The van der Waals surface area contributed by atoms with Crippen molar-refractivity contribution in [3.8, 4) is 17.2 Å². The number of ether oxygens (including phenoxy) is 3. The first-order valence-corrected chi connectivity index (χ1v) is 11.3. The van der Waals surface area contributed by atoms with Crippen molar-refractivity contribution in [2.45, 2.75) is 4.90 Å². The summed E-state index contributed by atoms with van der Waals surface area (Å²) in [5, 5.41) is 0. The van der Waals surface area contributed by atoms with E-state index in [0.29, 0.717) is 22.9 Å². The minimum Gasteiger partial charge on any atom is -0.493 e. The Bertz CT molecular complexity index is 1340. The molecule has 4 rings (SSSR count). The lowest BCUT2D eigenvalue weighted by molar-refractivity contribution is 0.104. The van der Waals surface area contributed by atoms with E-state index in [4.69, 9.17) is 14.2 Å². The third-order valence-corrected chi connectivity index (χ3v) is 6.99. The molecule has 0 saturated carbocycles. The van der Waals surface area contributed by atoms with Crippen LogP contribution in [0.5, 0.6) is 17.2 Å². The van der Waals surface area contributed by atoms with Crippen molar-refractivity contribution >= 4 is 27.0 Å². The lowest BCUT2D eigenvalue weighted by atomic mass is 10.1. The molecular formula is C24H20FNO6S. The lowest BCUT2D eigenvalue weighted by Gasteiger charge is -2.29. The number of methoxy groups -OCH3 is 3. The van der Waals surface area contributed by atoms with E-state index in [9.17, 15) is 17.6 Å². The highest BCUT2D eigenvalue weighted by atomic mass is 32.2. The van der Waals surface area contributed by atoms with Gasteiger partial charge >= 0.3 is 0 Å². The van der Waals surface area contributed by atoms with Gasteiger partial charge < -0.3 is 19.1 Å². The van der Waals surface area contributed by atoms with Gasteiger partial charge in [0.25, 0.3) is 0 Å². The normalized spacial score (nSPS) is 14.2. The minimum absolute atomic E-state index is 0.0499. The number of hydrogen-bond acceptors (Lipinski definition) is 7. The Morgan fingerprint density at radius 3 is 2.09 bits per heavy atom. The summed E-state index contributed by atoms with van der Waals surface area (Å²) in [6.45, 7) is 0. The van der Waals surface area contributed by atoms with Gasteiger partial charge in [-0.15, -0.1) is 0 Å². The molecule has 0 N–H and O–H groups in total. The minimum atomic E-state index is -4.22. The maximum absolute atomic E-state index is 14.2. The molecule has 0 unspecified atom stereocenters. The SMILES string of the molecule is COc1cc(N2C=C(C(=O)c3ccccc3)S(=O)(=O)c3ccc(F)cc32)cc(OC)c1OC. The van der Waals surface area contributed by atoms with Crippen molar-refractivity contribution in [2.75, 3.05) is 26.2 Å². The lowest BCUT2D eigenvalue weighted by Crippen LogP contribution is -2.26. The van der Waals surface area contributed by atoms with Crippen molar-refractivity contribution in [1.82, 2.24) is 0 Å². The van der Waals surface area contributed by atoms with E-state index in [0.717, 1.165) is 18.2 Å². The Balaban J connectivity index is 1.99. The van der Waals surface area contributed by atoms with Crippen LogP contribution in [0.1, 0.15) is 10.4 Å². The first-order valence-electron chi connectivity index (χ1n) is 9.77. The van der Waals surface area contributed by atoms with Gasteiger partial charge in [-0.25, -0.2) is 12.8 Å². The summed E-state index contributed by atoms with van der Waals surface area (Å²) in [5.41, 5.74) is 0.640. The molecule has 0 saturated heterocycles. The molecule has 0 bridgehead atoms. The second-order valence-corrected chi connectivity index (χ2v) is 8.94. The van der Waals surface area contributed by atoms with Crippen LogP contribution >= 0.6 is 0 Å². The monoisotopic (exact) mass is 469 g/mol. The number of carbonyl (C=O) groups is 1. The van der Waals surface area contributed by atoms with Crippen molar-refractivity contribution in [2.24, 2.45) is 0 Å². The predicted octanol–water partition coefficient (Wildman–Crippen LogP) is 4.50. The number of fused-ring (bicyclic) bond motifs is 1. The third-order valence-electron chi connectivity index (χ3n) is 5.19. The molecule has 0 aromatic heterocycles. The number of ketones is 1. The average Bonchev–Trinajstić information content (AvgIpc) is 2.83. The van der Waals surface area contributed by atoms with Crippen LogP contribution in [0.15, 0.2) is 76.7 Å². The number of rotatable bonds is 6. The topological polar surface area (TPSA) is 82.1 Å². The van der Waals surface area contributed by atoms with Crippen LogP contribution in [0, 0.1) is 5.82 Å². The van der Waals surface area contributed by atoms with Crippen LogP contribution in [-0.4, -0.2) is 35.5 Å². The number of carbonyl (C=O) groups excluding carboxylic acids is 1. The van der Waals surface area contributed by atoms with Crippen LogP contribution in [0.25, 0.3) is 0 Å². The smallest absolute Gasteiger partial charge is 0.214 e. The van der Waals surface area contributed by atoms with Gasteiger partial charge in [0.1, 0.15) is 10.7 Å². The summed E-state index contributed by atoms with van der Waals surface area (Å²) >= 11 is 0. The number of halogens is 1. The van der Waals surface area contributed by atoms with Gasteiger partial charge in [0.15, 0.2) is 11.5 Å². The maximum atomic E-state index is 14.2. The molecule has 0 fully saturated rings. The van der Waals surface area contributed by atoms with Gasteiger partial charge in [0.05, 0.1) is 37.6 Å². The van der Waals surface area contributed by atoms with Crippen molar-refractivity contribution in [3.05, 3.63) is 83.1 Å². The second kappa shape index (κ2) is 8.59. The van der Waals surface area contributed by atoms with E-state index in [1.807, 2.05) is 0 Å². The summed E-state index contributed by atoms with van der Waals surface area (Å²) in [4.78, 5) is 14.0. The van der Waals surface area contributed by atoms with Crippen LogP contribution in [0.3, 0.4) is 0 Å². The van der Waals surface area contributed by atoms with Gasteiger partial charge in [-0.3, -0.25) is 4.79 Å². The van der Waals surface area contributed by atoms with Gasteiger partial charge in [0, 0.05) is 23.9 Å². The number of hydrogen-bond donors (Lipinski definition) is 0. The second-order valence-electron chi connectivity index (χ2n) is 7.06. The predicted molar refractivity (Wildman–Crippen MR) is 121 cm³/mol. The Hall–Kier alpha value is -3.85. The van der Waals surface area contributed by atoms with Gasteiger partial charge in [-0.1, -0.05) is 30.3 Å². The van der Waals surface area contributed by atoms with Crippen LogP contribution in [-0.2, 0) is 9.84 Å². The van der Waals surface area contributed by atoms with E-state index >= 15 is 0 Å². The van der Waals surface area contributed by atoms with Crippen LogP contribution in [0.2, 0.25) is 0 Å². The average molecular weight is 469 g/mol. The van der Waals surface area contributed by atoms with E-state index in [2.05, 4.69) is 0 Å². The number of sulfone groups is 1. The molecule has 1 aliphatic heterocycles. The standard InChI is InChI=1S/C24H20FNO6S/c1-30-19-12-17(13-20(31-2)24(19)32-3)26-14-22(23(27)15-7-5-4-6-8-15)33(28,29)21-10-9-16(25)11-18(21)26/h4-14H,1-3H3. The van der Waals surface area contributed by atoms with E-state index in [1.165, 1.54) is 44.6 Å². The fourth-order valence-electron chi connectivity index (χ4n) is 3.61. The molecular weight excluding hydrogens is 449 g/mol. The highest BCUT2D eigenvalue weighted by molar-refractivity contribution is 7.96. The van der Waals surface area contributed by atoms with Crippen molar-refractivity contribution in [3.63, 3.8) is 0 Å². The molecule has 7 nitrogen and oxygen atoms in total. The summed E-state index contributed by atoms with van der Waals surface area (Å²) < 4.78 is 57.0. The molecule has 0 aliphatic carbocycles. The summed E-state index contributed by atoms with van der Waals surface area (Å²) in [6.07, 6.45) is 1.19. The number of anilines is 2. The quantitative estimate of drug-likeness (QED) is 0.388. The molecule has 170 valence electrons. The Labute approximate surface area is 190 Å². The van der Waals surface area contributed by atoms with Crippen molar-refractivity contribution < 1.29 is 31.8 Å². The fourth-order valence-corrected chi connectivity index (χ4v) is 5.14. The maximum Gasteiger partial charge on any atom is 0.214 e. The molecule has 0 spiro atoms. The zero-order valence-electron chi connectivity index (χ0n) is 18.0. The zero-order valence-corrected chi connectivity index (χ0v) is 18.9. The highest BCUT2D eigenvalue weighted by Crippen LogP contribution is 2.46. The van der Waals surface area contributed by atoms with Crippen LogP contribution in [0.4, 0.5) is 15.8 Å². The number of nitrogens with zero attached hydrogens (tertiary/aromatic N) is 1. The number of allylic oxidation sites excluding steroid dienone is 1. The molecule has 33 heavy (non-hydrogen) atoms. The van der Waals surface area contributed by atoms with Crippen LogP contribution < -0.4 is 19.1 Å². The molecule has 0 radical (unpaired) electrons. The number of benzene rings is 3. The van der Waals surface area contributed by atoms with Gasteiger partial charge in [-0.05, 0) is 18.2 Å². The Morgan fingerprint density at radius 2 is 1.52 bits per heavy atom. The Kier molecular flexibility index (Phi) is 5.82. The van der Waals surface area contributed by atoms with Gasteiger partial charge in [0.2, 0.25) is 21.4 Å². The molecule has 1 aliphatic rings. The molecule has 3 aromatic carbocycles.